The molecule has 0 atom stereocenters. The predicted molar refractivity (Wildman–Crippen MR) is 84.0 cm³/mol. The standard InChI is InChI=1S/C17H20N2O2/c1-11(2)15-10-13(5-6-16(15)21-4)17(20)19-14-7-8-18-12(3)9-14/h5-11H,1-4H3,(H,18,19,20). The Hall–Kier alpha value is -2.36. The maximum absolute atomic E-state index is 12.3. The summed E-state index contributed by atoms with van der Waals surface area (Å²) < 4.78 is 5.34. The number of ether oxygens (including phenoxy) is 1. The first-order valence-corrected chi connectivity index (χ1v) is 6.93. The van der Waals surface area contributed by atoms with Crippen molar-refractivity contribution >= 4 is 11.6 Å². The number of pyridine rings is 1. The third-order valence-electron chi connectivity index (χ3n) is 3.27. The molecule has 0 saturated heterocycles. The molecule has 1 aromatic carbocycles. The smallest absolute Gasteiger partial charge is 0.255 e. The number of nitrogens with zero attached hydrogens (tertiary/aromatic N) is 1. The average molecular weight is 284 g/mol. The molecule has 4 heteroatoms. The number of aromatic nitrogens is 1. The van der Waals surface area contributed by atoms with Crippen molar-refractivity contribution < 1.29 is 9.53 Å². The van der Waals surface area contributed by atoms with E-state index in [2.05, 4.69) is 24.1 Å². The van der Waals surface area contributed by atoms with Crippen LogP contribution in [-0.2, 0) is 0 Å². The van der Waals surface area contributed by atoms with Gasteiger partial charge in [0.25, 0.3) is 5.91 Å². The monoisotopic (exact) mass is 284 g/mol. The Morgan fingerprint density at radius 1 is 1.24 bits per heavy atom. The van der Waals surface area contributed by atoms with E-state index in [1.807, 2.05) is 25.1 Å². The molecule has 21 heavy (non-hydrogen) atoms. The number of anilines is 1. The van der Waals surface area contributed by atoms with Crippen molar-refractivity contribution in [1.82, 2.24) is 4.98 Å². The largest absolute Gasteiger partial charge is 0.496 e. The maximum Gasteiger partial charge on any atom is 0.255 e. The molecule has 1 N–H and O–H groups in total. The fourth-order valence-corrected chi connectivity index (χ4v) is 2.15. The van der Waals surface area contributed by atoms with E-state index in [1.54, 1.807) is 25.4 Å². The van der Waals surface area contributed by atoms with E-state index in [0.717, 1.165) is 22.7 Å². The second-order valence-corrected chi connectivity index (χ2v) is 5.25. The number of methoxy groups -OCH3 is 1. The lowest BCUT2D eigenvalue weighted by Gasteiger charge is -2.13. The molecule has 1 aromatic heterocycles. The molecule has 1 heterocycles. The Labute approximate surface area is 125 Å². The number of rotatable bonds is 4. The number of amides is 1. The Kier molecular flexibility index (Phi) is 4.58. The first kappa shape index (κ1) is 15.0. The Bertz CT molecular complexity index is 651. The fourth-order valence-electron chi connectivity index (χ4n) is 2.15. The quantitative estimate of drug-likeness (QED) is 0.929. The van der Waals surface area contributed by atoms with Gasteiger partial charge in [-0.05, 0) is 48.7 Å². The van der Waals surface area contributed by atoms with Gasteiger partial charge in [-0.1, -0.05) is 13.8 Å². The van der Waals surface area contributed by atoms with Gasteiger partial charge in [0.1, 0.15) is 5.75 Å². The fraction of sp³-hybridized carbons (Fsp3) is 0.294. The number of carbonyl (C=O) groups is 1. The summed E-state index contributed by atoms with van der Waals surface area (Å²) in [6.45, 7) is 6.04. The zero-order valence-electron chi connectivity index (χ0n) is 12.8. The highest BCUT2D eigenvalue weighted by Gasteiger charge is 2.12. The van der Waals surface area contributed by atoms with Crippen LogP contribution in [0.4, 0.5) is 5.69 Å². The van der Waals surface area contributed by atoms with Crippen LogP contribution in [0.15, 0.2) is 36.5 Å². The summed E-state index contributed by atoms with van der Waals surface area (Å²) in [6.07, 6.45) is 1.68. The van der Waals surface area contributed by atoms with Gasteiger partial charge in [-0.3, -0.25) is 9.78 Å². The summed E-state index contributed by atoms with van der Waals surface area (Å²) in [7, 11) is 1.64. The molecule has 4 nitrogen and oxygen atoms in total. The molecule has 0 radical (unpaired) electrons. The number of nitrogens with one attached hydrogen (secondary N) is 1. The third kappa shape index (κ3) is 3.60. The molecular formula is C17H20N2O2. The van der Waals surface area contributed by atoms with E-state index < -0.39 is 0 Å². The van der Waals surface area contributed by atoms with Crippen LogP contribution in [-0.4, -0.2) is 18.0 Å². The van der Waals surface area contributed by atoms with Crippen molar-refractivity contribution in [3.05, 3.63) is 53.3 Å². The van der Waals surface area contributed by atoms with Crippen molar-refractivity contribution in [2.24, 2.45) is 0 Å². The van der Waals surface area contributed by atoms with E-state index in [1.165, 1.54) is 0 Å². The van der Waals surface area contributed by atoms with Gasteiger partial charge in [0.2, 0.25) is 0 Å². The van der Waals surface area contributed by atoms with Gasteiger partial charge >= 0.3 is 0 Å². The van der Waals surface area contributed by atoms with Gasteiger partial charge in [-0.2, -0.15) is 0 Å². The van der Waals surface area contributed by atoms with Crippen LogP contribution >= 0.6 is 0 Å². The SMILES string of the molecule is COc1ccc(C(=O)Nc2ccnc(C)c2)cc1C(C)C. The van der Waals surface area contributed by atoms with E-state index in [-0.39, 0.29) is 11.8 Å². The molecule has 0 bridgehead atoms. The Balaban J connectivity index is 2.25. The minimum Gasteiger partial charge on any atom is -0.496 e. The summed E-state index contributed by atoms with van der Waals surface area (Å²) in [4.78, 5) is 16.4. The lowest BCUT2D eigenvalue weighted by Crippen LogP contribution is -2.13. The zero-order chi connectivity index (χ0) is 15.4. The van der Waals surface area contributed by atoms with E-state index in [9.17, 15) is 4.79 Å². The molecular weight excluding hydrogens is 264 g/mol. The van der Waals surface area contributed by atoms with Crippen LogP contribution in [0.5, 0.6) is 5.75 Å². The summed E-state index contributed by atoms with van der Waals surface area (Å²) >= 11 is 0. The summed E-state index contributed by atoms with van der Waals surface area (Å²) in [6, 6.07) is 9.10. The van der Waals surface area contributed by atoms with Crippen LogP contribution in [0.1, 0.15) is 41.4 Å². The van der Waals surface area contributed by atoms with Crippen molar-refractivity contribution in [3.8, 4) is 5.75 Å². The van der Waals surface area contributed by atoms with Gasteiger partial charge in [0.05, 0.1) is 7.11 Å². The highest BCUT2D eigenvalue weighted by molar-refractivity contribution is 6.04. The van der Waals surface area contributed by atoms with Gasteiger partial charge in [0, 0.05) is 23.1 Å². The van der Waals surface area contributed by atoms with Crippen LogP contribution in [0.3, 0.4) is 0 Å². The first-order valence-electron chi connectivity index (χ1n) is 6.93. The van der Waals surface area contributed by atoms with Gasteiger partial charge in [-0.15, -0.1) is 0 Å². The second kappa shape index (κ2) is 6.39. The molecule has 2 aromatic rings. The van der Waals surface area contributed by atoms with Gasteiger partial charge in [-0.25, -0.2) is 0 Å². The molecule has 2 rings (SSSR count). The summed E-state index contributed by atoms with van der Waals surface area (Å²) in [5.74, 6) is 0.960. The van der Waals surface area contributed by atoms with Crippen molar-refractivity contribution in [2.45, 2.75) is 26.7 Å². The molecule has 0 saturated carbocycles. The van der Waals surface area contributed by atoms with Gasteiger partial charge < -0.3 is 10.1 Å². The maximum atomic E-state index is 12.3. The van der Waals surface area contributed by atoms with Crippen LogP contribution in [0.2, 0.25) is 0 Å². The first-order chi connectivity index (χ1) is 10.0. The zero-order valence-corrected chi connectivity index (χ0v) is 12.8. The summed E-state index contributed by atoms with van der Waals surface area (Å²) in [5, 5.41) is 2.88. The van der Waals surface area contributed by atoms with Crippen molar-refractivity contribution in [2.75, 3.05) is 12.4 Å². The van der Waals surface area contributed by atoms with Crippen LogP contribution in [0.25, 0.3) is 0 Å². The molecule has 1 amide bonds. The Morgan fingerprint density at radius 3 is 2.62 bits per heavy atom. The van der Waals surface area contributed by atoms with E-state index >= 15 is 0 Å². The van der Waals surface area contributed by atoms with Crippen LogP contribution in [0, 0.1) is 6.92 Å². The minimum atomic E-state index is -0.134. The number of benzene rings is 1. The number of hydrogen-bond acceptors (Lipinski definition) is 3. The second-order valence-electron chi connectivity index (χ2n) is 5.25. The van der Waals surface area contributed by atoms with Crippen molar-refractivity contribution in [1.29, 1.82) is 0 Å². The lowest BCUT2D eigenvalue weighted by molar-refractivity contribution is 0.102. The number of carbonyl (C=O) groups excluding carboxylic acids is 1. The topological polar surface area (TPSA) is 51.2 Å². The summed E-state index contributed by atoms with van der Waals surface area (Å²) in [5.41, 5.74) is 3.25. The molecule has 0 aliphatic heterocycles. The molecule has 0 fully saturated rings. The highest BCUT2D eigenvalue weighted by atomic mass is 16.5. The average Bonchev–Trinajstić information content (AvgIpc) is 2.46. The molecule has 0 unspecified atom stereocenters. The highest BCUT2D eigenvalue weighted by Crippen LogP contribution is 2.27. The number of hydrogen-bond donors (Lipinski definition) is 1. The van der Waals surface area contributed by atoms with Gasteiger partial charge in [0.15, 0.2) is 0 Å². The van der Waals surface area contributed by atoms with Crippen molar-refractivity contribution in [3.63, 3.8) is 0 Å². The number of aryl methyl sites for hydroxylation is 1. The third-order valence-corrected chi connectivity index (χ3v) is 3.27. The molecule has 0 spiro atoms. The van der Waals surface area contributed by atoms with Crippen LogP contribution < -0.4 is 10.1 Å². The minimum absolute atomic E-state index is 0.134. The molecule has 0 aliphatic rings. The Morgan fingerprint density at radius 2 is 2.00 bits per heavy atom. The normalized spacial score (nSPS) is 10.5. The lowest BCUT2D eigenvalue weighted by atomic mass is 9.99. The van der Waals surface area contributed by atoms with E-state index in [4.69, 9.17) is 4.74 Å². The molecule has 0 aliphatic carbocycles. The molecule has 110 valence electrons. The predicted octanol–water partition coefficient (Wildman–Crippen LogP) is 3.77. The van der Waals surface area contributed by atoms with E-state index in [0.29, 0.717) is 5.56 Å².